The summed E-state index contributed by atoms with van der Waals surface area (Å²) < 4.78 is 21.0. The number of aromatic nitrogens is 3. The number of hydrogen-bond acceptors (Lipinski definition) is 7. The van der Waals surface area contributed by atoms with Gasteiger partial charge in [0.1, 0.15) is 16.9 Å². The first-order valence-electron chi connectivity index (χ1n) is 12.0. The highest BCUT2D eigenvalue weighted by Crippen LogP contribution is 2.49. The van der Waals surface area contributed by atoms with Gasteiger partial charge in [-0.2, -0.15) is 0 Å². The van der Waals surface area contributed by atoms with Crippen molar-refractivity contribution < 1.29 is 13.9 Å². The third-order valence-corrected chi connectivity index (χ3v) is 8.33. The van der Waals surface area contributed by atoms with Crippen LogP contribution in [-0.4, -0.2) is 62.0 Å². The number of ether oxygens (including phenoxy) is 1. The number of pyridine rings is 1. The summed E-state index contributed by atoms with van der Waals surface area (Å²) in [4.78, 5) is 31.4. The lowest BCUT2D eigenvalue weighted by Crippen LogP contribution is -2.64. The maximum absolute atomic E-state index is 15.2. The van der Waals surface area contributed by atoms with Crippen LogP contribution in [0.3, 0.4) is 0 Å². The number of piperazine rings is 1. The molecule has 0 unspecified atom stereocenters. The predicted octanol–water partition coefficient (Wildman–Crippen LogP) is 5.64. The predicted molar refractivity (Wildman–Crippen MR) is 132 cm³/mol. The number of anilines is 1. The van der Waals surface area contributed by atoms with E-state index >= 15 is 4.39 Å². The zero-order valence-electron chi connectivity index (χ0n) is 20.4. The van der Waals surface area contributed by atoms with E-state index in [1.165, 1.54) is 11.8 Å². The molecule has 10 heteroatoms. The van der Waals surface area contributed by atoms with Crippen molar-refractivity contribution in [3.05, 3.63) is 16.7 Å². The smallest absolute Gasteiger partial charge is 0.410 e. The Balaban J connectivity index is 1.68. The Labute approximate surface area is 208 Å². The molecule has 184 valence electrons. The maximum atomic E-state index is 15.2. The van der Waals surface area contributed by atoms with Gasteiger partial charge in [0.25, 0.3) is 0 Å². The fourth-order valence-corrected chi connectivity index (χ4v) is 6.60. The molecule has 2 bridgehead atoms. The Kier molecular flexibility index (Phi) is 5.87. The number of rotatable bonds is 2. The Morgan fingerprint density at radius 1 is 1.24 bits per heavy atom. The molecule has 7 nitrogen and oxygen atoms in total. The minimum atomic E-state index is -0.601. The maximum Gasteiger partial charge on any atom is 0.410 e. The van der Waals surface area contributed by atoms with Crippen molar-refractivity contribution in [1.82, 2.24) is 19.9 Å². The van der Waals surface area contributed by atoms with Crippen LogP contribution in [0.15, 0.2) is 5.16 Å². The fraction of sp³-hybridized carbons (Fsp3) is 0.667. The summed E-state index contributed by atoms with van der Waals surface area (Å²) in [5.74, 6) is 0.964. The van der Waals surface area contributed by atoms with Gasteiger partial charge in [-0.05, 0) is 45.3 Å². The minimum absolute atomic E-state index is 0.00474. The summed E-state index contributed by atoms with van der Waals surface area (Å²) in [7, 11) is 0. The first-order chi connectivity index (χ1) is 16.0. The van der Waals surface area contributed by atoms with Crippen LogP contribution >= 0.6 is 23.4 Å². The Bertz CT molecular complexity index is 1160. The highest BCUT2D eigenvalue weighted by atomic mass is 35.5. The summed E-state index contributed by atoms with van der Waals surface area (Å²) in [5, 5.41) is 1.02. The molecule has 5 heterocycles. The van der Waals surface area contributed by atoms with Gasteiger partial charge in [-0.3, -0.25) is 4.90 Å². The Morgan fingerprint density at radius 2 is 1.97 bits per heavy atom. The summed E-state index contributed by atoms with van der Waals surface area (Å²) in [6.45, 7) is 12.6. The standard InChI is InChI=1S/C24H31ClFN5O2S/c1-7-34-22-28-18-15-17(27-20(25)16(18)26)11(2)12(3)19-14-9-8-13(10-30(19)21(15)29-22)31(14)23(32)33-24(4,5)6/h11-14,19H,7-10H2,1-6H3/t11-,12+,13-,14+,19+/m1/s1. The number of carbonyl (C=O) groups excluding carboxylic acids is 1. The highest BCUT2D eigenvalue weighted by Gasteiger charge is 2.54. The number of amides is 1. The Hall–Kier alpha value is -1.87. The van der Waals surface area contributed by atoms with Crippen LogP contribution in [-0.2, 0) is 4.74 Å². The van der Waals surface area contributed by atoms with Crippen molar-refractivity contribution in [3.63, 3.8) is 0 Å². The van der Waals surface area contributed by atoms with Crippen LogP contribution in [0.25, 0.3) is 10.9 Å². The quantitative estimate of drug-likeness (QED) is 0.296. The third-order valence-electron chi connectivity index (χ3n) is 7.35. The molecule has 0 aliphatic carbocycles. The molecule has 3 aliphatic heterocycles. The SMILES string of the molecule is CCSc1nc2c3c(nc(Cl)c(F)c3n1)[C@H](C)[C@H](C)[C@H]1[C@@H]3CC[C@H](CN21)N3C(=O)OC(C)(C)C. The summed E-state index contributed by atoms with van der Waals surface area (Å²) in [6, 6.07) is -0.0135. The molecule has 2 aromatic heterocycles. The van der Waals surface area contributed by atoms with E-state index in [2.05, 4.69) is 28.7 Å². The van der Waals surface area contributed by atoms with Crippen molar-refractivity contribution in [2.24, 2.45) is 5.92 Å². The highest BCUT2D eigenvalue weighted by molar-refractivity contribution is 7.99. The van der Waals surface area contributed by atoms with Crippen molar-refractivity contribution >= 4 is 46.2 Å². The average Bonchev–Trinajstić information content (AvgIpc) is 3.04. The number of fused-ring (bicyclic) bond motifs is 5. The van der Waals surface area contributed by atoms with E-state index in [4.69, 9.17) is 21.3 Å². The van der Waals surface area contributed by atoms with Crippen LogP contribution in [0.2, 0.25) is 5.15 Å². The zero-order valence-corrected chi connectivity index (χ0v) is 22.0. The molecule has 2 fully saturated rings. The van der Waals surface area contributed by atoms with Gasteiger partial charge in [0.15, 0.2) is 16.1 Å². The molecule has 0 saturated carbocycles. The minimum Gasteiger partial charge on any atom is -0.444 e. The monoisotopic (exact) mass is 507 g/mol. The molecule has 5 atom stereocenters. The van der Waals surface area contributed by atoms with Gasteiger partial charge >= 0.3 is 6.09 Å². The van der Waals surface area contributed by atoms with E-state index in [-0.39, 0.29) is 46.7 Å². The van der Waals surface area contributed by atoms with Gasteiger partial charge in [-0.1, -0.05) is 44.1 Å². The molecular weight excluding hydrogens is 477 g/mol. The molecule has 1 amide bonds. The van der Waals surface area contributed by atoms with Crippen molar-refractivity contribution in [2.45, 2.75) is 89.2 Å². The first-order valence-corrected chi connectivity index (χ1v) is 13.4. The third kappa shape index (κ3) is 3.70. The van der Waals surface area contributed by atoms with Crippen molar-refractivity contribution in [1.29, 1.82) is 0 Å². The topological polar surface area (TPSA) is 71.5 Å². The van der Waals surface area contributed by atoms with E-state index in [1.807, 2.05) is 32.6 Å². The normalized spacial score (nSPS) is 28.2. The van der Waals surface area contributed by atoms with Crippen molar-refractivity contribution in [2.75, 3.05) is 17.2 Å². The molecule has 2 saturated heterocycles. The fourth-order valence-electron chi connectivity index (χ4n) is 5.85. The van der Waals surface area contributed by atoms with Gasteiger partial charge in [0.05, 0.1) is 29.2 Å². The average molecular weight is 508 g/mol. The molecule has 3 aliphatic rings. The van der Waals surface area contributed by atoms with Crippen LogP contribution in [0.1, 0.15) is 66.0 Å². The van der Waals surface area contributed by atoms with Gasteiger partial charge in [0, 0.05) is 12.5 Å². The second-order valence-electron chi connectivity index (χ2n) is 10.6. The van der Waals surface area contributed by atoms with Gasteiger partial charge < -0.3 is 9.64 Å². The van der Waals surface area contributed by atoms with E-state index in [0.29, 0.717) is 22.9 Å². The van der Waals surface area contributed by atoms with Gasteiger partial charge in [-0.15, -0.1) is 0 Å². The molecule has 34 heavy (non-hydrogen) atoms. The van der Waals surface area contributed by atoms with Crippen LogP contribution < -0.4 is 4.90 Å². The lowest BCUT2D eigenvalue weighted by molar-refractivity contribution is 0.00429. The summed E-state index contributed by atoms with van der Waals surface area (Å²) in [5.41, 5.74) is 0.402. The lowest BCUT2D eigenvalue weighted by Gasteiger charge is -2.49. The first kappa shape index (κ1) is 23.9. The molecule has 0 radical (unpaired) electrons. The largest absolute Gasteiger partial charge is 0.444 e. The molecule has 0 N–H and O–H groups in total. The summed E-state index contributed by atoms with van der Waals surface area (Å²) >= 11 is 7.73. The van der Waals surface area contributed by atoms with Crippen molar-refractivity contribution in [3.8, 4) is 0 Å². The number of hydrogen-bond donors (Lipinski definition) is 0. The zero-order chi connectivity index (χ0) is 24.5. The van der Waals surface area contributed by atoms with Gasteiger partial charge in [-0.25, -0.2) is 24.1 Å². The number of halogens is 2. The Morgan fingerprint density at radius 3 is 2.65 bits per heavy atom. The van der Waals surface area contributed by atoms with E-state index in [1.54, 1.807) is 0 Å². The summed E-state index contributed by atoms with van der Waals surface area (Å²) in [6.07, 6.45) is 1.54. The number of thioether (sulfide) groups is 1. The number of carbonyl (C=O) groups is 1. The lowest BCUT2D eigenvalue weighted by atomic mass is 9.82. The molecule has 2 aromatic rings. The van der Waals surface area contributed by atoms with Gasteiger partial charge in [0.2, 0.25) is 0 Å². The van der Waals surface area contributed by atoms with E-state index < -0.39 is 11.4 Å². The second-order valence-corrected chi connectivity index (χ2v) is 12.2. The van der Waals surface area contributed by atoms with Crippen LogP contribution in [0.5, 0.6) is 0 Å². The number of nitrogens with zero attached hydrogens (tertiary/aromatic N) is 5. The molecule has 0 spiro atoms. The molecule has 0 aromatic carbocycles. The van der Waals surface area contributed by atoms with Crippen LogP contribution in [0, 0.1) is 11.7 Å². The van der Waals surface area contributed by atoms with E-state index in [0.717, 1.165) is 24.3 Å². The van der Waals surface area contributed by atoms with Crippen LogP contribution in [0.4, 0.5) is 15.0 Å². The van der Waals surface area contributed by atoms with E-state index in [9.17, 15) is 4.79 Å². The second kappa shape index (κ2) is 8.36. The molecule has 5 rings (SSSR count). The molecular formula is C24H31ClFN5O2S.